The first-order valence-electron chi connectivity index (χ1n) is 5.83. The number of methoxy groups -OCH3 is 1. The summed E-state index contributed by atoms with van der Waals surface area (Å²) < 4.78 is 27.7. The zero-order chi connectivity index (χ0) is 14.0. The molecular weight excluding hydrogens is 268 g/mol. The summed E-state index contributed by atoms with van der Waals surface area (Å²) in [7, 11) is -2.34. The Morgan fingerprint density at radius 2 is 2.16 bits per heavy atom. The number of para-hydroxylation sites is 1. The lowest BCUT2D eigenvalue weighted by molar-refractivity contribution is -0.138. The van der Waals surface area contributed by atoms with Crippen molar-refractivity contribution in [1.29, 1.82) is 0 Å². The molecule has 1 heterocycles. The molecule has 2 rings (SSSR count). The van der Waals surface area contributed by atoms with Crippen LogP contribution in [-0.2, 0) is 26.0 Å². The van der Waals surface area contributed by atoms with Crippen molar-refractivity contribution in [2.45, 2.75) is 11.7 Å². The smallest absolute Gasteiger partial charge is 0.325 e. The molecule has 2 N–H and O–H groups in total. The zero-order valence-corrected chi connectivity index (χ0v) is 11.4. The Kier molecular flexibility index (Phi) is 3.77. The van der Waals surface area contributed by atoms with E-state index in [1.165, 1.54) is 7.11 Å². The van der Waals surface area contributed by atoms with Gasteiger partial charge in [0, 0.05) is 12.2 Å². The minimum atomic E-state index is -3.64. The molecule has 0 bridgehead atoms. The van der Waals surface area contributed by atoms with Gasteiger partial charge in [-0.05, 0) is 18.1 Å². The van der Waals surface area contributed by atoms with Crippen LogP contribution in [-0.4, -0.2) is 39.8 Å². The number of nitrogens with zero attached hydrogens (tertiary/aromatic N) is 1. The predicted octanol–water partition coefficient (Wildman–Crippen LogP) is -0.121. The number of hydrogen-bond acceptors (Lipinski definition) is 5. The van der Waals surface area contributed by atoms with E-state index in [-0.39, 0.29) is 13.1 Å². The van der Waals surface area contributed by atoms with Crippen molar-refractivity contribution in [2.75, 3.05) is 25.1 Å². The van der Waals surface area contributed by atoms with Gasteiger partial charge >= 0.3 is 5.97 Å². The van der Waals surface area contributed by atoms with Gasteiger partial charge in [0.2, 0.25) is 10.0 Å². The molecule has 1 aromatic carbocycles. The van der Waals surface area contributed by atoms with E-state index in [0.29, 0.717) is 6.42 Å². The first-order chi connectivity index (χ1) is 8.91. The van der Waals surface area contributed by atoms with E-state index in [0.717, 1.165) is 11.3 Å². The summed E-state index contributed by atoms with van der Waals surface area (Å²) >= 11 is 0. The molecule has 0 radical (unpaired) electrons. The van der Waals surface area contributed by atoms with E-state index in [1.54, 1.807) is 4.90 Å². The quantitative estimate of drug-likeness (QED) is 0.782. The van der Waals surface area contributed by atoms with Crippen LogP contribution in [0.25, 0.3) is 0 Å². The Labute approximate surface area is 112 Å². The van der Waals surface area contributed by atoms with E-state index in [9.17, 15) is 13.2 Å². The number of nitrogens with two attached hydrogens (primary N) is 1. The SMILES string of the molecule is COC(=O)CN1C[C@H](S(N)(=O)=O)Cc2ccccc21. The van der Waals surface area contributed by atoms with Gasteiger partial charge in [-0.3, -0.25) is 4.79 Å². The van der Waals surface area contributed by atoms with Gasteiger partial charge in [0.05, 0.1) is 12.4 Å². The highest BCUT2D eigenvalue weighted by molar-refractivity contribution is 7.89. The summed E-state index contributed by atoms with van der Waals surface area (Å²) in [5.74, 6) is -0.412. The summed E-state index contributed by atoms with van der Waals surface area (Å²) in [5.41, 5.74) is 1.73. The Morgan fingerprint density at radius 3 is 2.79 bits per heavy atom. The number of carbonyl (C=O) groups excluding carboxylic acids is 1. The van der Waals surface area contributed by atoms with Crippen LogP contribution in [0.3, 0.4) is 0 Å². The van der Waals surface area contributed by atoms with Crippen molar-refractivity contribution in [3.8, 4) is 0 Å². The maximum atomic E-state index is 11.5. The number of hydrogen-bond donors (Lipinski definition) is 1. The van der Waals surface area contributed by atoms with Crippen LogP contribution in [0.1, 0.15) is 5.56 Å². The molecule has 0 fully saturated rings. The minimum Gasteiger partial charge on any atom is -0.468 e. The third-order valence-electron chi connectivity index (χ3n) is 3.22. The molecule has 1 atom stereocenters. The lowest BCUT2D eigenvalue weighted by atomic mass is 10.0. The first kappa shape index (κ1) is 13.8. The Balaban J connectivity index is 2.34. The third-order valence-corrected chi connectivity index (χ3v) is 4.46. The van der Waals surface area contributed by atoms with Crippen molar-refractivity contribution in [1.82, 2.24) is 0 Å². The fourth-order valence-electron chi connectivity index (χ4n) is 2.24. The van der Waals surface area contributed by atoms with E-state index in [4.69, 9.17) is 5.14 Å². The van der Waals surface area contributed by atoms with E-state index >= 15 is 0 Å². The van der Waals surface area contributed by atoms with Crippen LogP contribution in [0.5, 0.6) is 0 Å². The molecule has 0 aromatic heterocycles. The van der Waals surface area contributed by atoms with E-state index in [2.05, 4.69) is 4.74 Å². The number of benzene rings is 1. The molecule has 0 saturated heterocycles. The van der Waals surface area contributed by atoms with Crippen LogP contribution in [0.15, 0.2) is 24.3 Å². The number of rotatable bonds is 3. The summed E-state index contributed by atoms with van der Waals surface area (Å²) in [6.07, 6.45) is 0.368. The molecule has 0 aliphatic carbocycles. The molecule has 1 aliphatic heterocycles. The number of sulfonamides is 1. The van der Waals surface area contributed by atoms with Gasteiger partial charge in [-0.1, -0.05) is 18.2 Å². The van der Waals surface area contributed by atoms with Crippen LogP contribution in [0.2, 0.25) is 0 Å². The monoisotopic (exact) mass is 284 g/mol. The fourth-order valence-corrected chi connectivity index (χ4v) is 3.04. The average Bonchev–Trinajstić information content (AvgIpc) is 2.37. The van der Waals surface area contributed by atoms with Gasteiger partial charge in [-0.25, -0.2) is 13.6 Å². The molecule has 0 amide bonds. The van der Waals surface area contributed by atoms with Gasteiger partial charge in [0.15, 0.2) is 0 Å². The predicted molar refractivity (Wildman–Crippen MR) is 71.3 cm³/mol. The summed E-state index contributed by atoms with van der Waals surface area (Å²) in [6, 6.07) is 7.38. The van der Waals surface area contributed by atoms with E-state index < -0.39 is 21.2 Å². The number of carbonyl (C=O) groups is 1. The van der Waals surface area contributed by atoms with Crippen molar-refractivity contribution in [3.05, 3.63) is 29.8 Å². The van der Waals surface area contributed by atoms with Crippen molar-refractivity contribution in [2.24, 2.45) is 5.14 Å². The molecule has 19 heavy (non-hydrogen) atoms. The van der Waals surface area contributed by atoms with Crippen LogP contribution in [0.4, 0.5) is 5.69 Å². The molecular formula is C12H16N2O4S. The molecule has 0 unspecified atom stereocenters. The van der Waals surface area contributed by atoms with Crippen LogP contribution in [0, 0.1) is 0 Å². The first-order valence-corrected chi connectivity index (χ1v) is 7.44. The Morgan fingerprint density at radius 1 is 1.47 bits per heavy atom. The normalized spacial score (nSPS) is 18.8. The van der Waals surface area contributed by atoms with Crippen molar-refractivity contribution >= 4 is 21.7 Å². The molecule has 7 heteroatoms. The fraction of sp³-hybridized carbons (Fsp3) is 0.417. The summed E-state index contributed by atoms with van der Waals surface area (Å²) in [6.45, 7) is 0.213. The van der Waals surface area contributed by atoms with Crippen molar-refractivity contribution < 1.29 is 17.9 Å². The lowest BCUT2D eigenvalue weighted by Crippen LogP contribution is -2.47. The van der Waals surface area contributed by atoms with Gasteiger partial charge < -0.3 is 9.64 Å². The maximum absolute atomic E-state index is 11.5. The minimum absolute atomic E-state index is 0.0134. The third kappa shape index (κ3) is 3.05. The second kappa shape index (κ2) is 5.18. The molecule has 0 saturated carbocycles. The number of ether oxygens (including phenoxy) is 1. The highest BCUT2D eigenvalue weighted by Gasteiger charge is 2.32. The van der Waals surface area contributed by atoms with Crippen LogP contribution < -0.4 is 10.0 Å². The Hall–Kier alpha value is -1.60. The highest BCUT2D eigenvalue weighted by Crippen LogP contribution is 2.28. The number of anilines is 1. The number of esters is 1. The maximum Gasteiger partial charge on any atom is 0.325 e. The van der Waals surface area contributed by atoms with Crippen molar-refractivity contribution in [3.63, 3.8) is 0 Å². The number of primary sulfonamides is 1. The lowest BCUT2D eigenvalue weighted by Gasteiger charge is -2.34. The molecule has 6 nitrogen and oxygen atoms in total. The molecule has 1 aromatic rings. The molecule has 1 aliphatic rings. The zero-order valence-electron chi connectivity index (χ0n) is 10.6. The molecule has 0 spiro atoms. The van der Waals surface area contributed by atoms with Gasteiger partial charge in [0.25, 0.3) is 0 Å². The standard InChI is InChI=1S/C12H16N2O4S/c1-18-12(15)8-14-7-10(19(13,16)17)6-9-4-2-3-5-11(9)14/h2-5,10H,6-8H2,1H3,(H2,13,16,17)/t10-/m1/s1. The van der Waals surface area contributed by atoms with Gasteiger partial charge in [-0.2, -0.15) is 0 Å². The average molecular weight is 284 g/mol. The Bertz CT molecular complexity index is 585. The topological polar surface area (TPSA) is 89.7 Å². The second-order valence-corrected chi connectivity index (χ2v) is 6.35. The second-order valence-electron chi connectivity index (χ2n) is 4.50. The van der Waals surface area contributed by atoms with E-state index in [1.807, 2.05) is 24.3 Å². The van der Waals surface area contributed by atoms with Gasteiger partial charge in [0.1, 0.15) is 6.54 Å². The van der Waals surface area contributed by atoms with Crippen LogP contribution >= 0.6 is 0 Å². The summed E-state index contributed by atoms with van der Waals surface area (Å²) in [4.78, 5) is 13.1. The molecule has 104 valence electrons. The van der Waals surface area contributed by atoms with Gasteiger partial charge in [-0.15, -0.1) is 0 Å². The highest BCUT2D eigenvalue weighted by atomic mass is 32.2. The number of fused-ring (bicyclic) bond motifs is 1. The summed E-state index contributed by atoms with van der Waals surface area (Å²) in [5, 5.41) is 4.52. The largest absolute Gasteiger partial charge is 0.468 e.